The number of fused-ring (bicyclic) bond motifs is 1. The van der Waals surface area contributed by atoms with Gasteiger partial charge in [0.1, 0.15) is 5.75 Å². The molecular formula is C27H30F9N3O8. The van der Waals surface area contributed by atoms with Gasteiger partial charge in [-0.25, -0.2) is 14.4 Å². The predicted molar refractivity (Wildman–Crippen MR) is 141 cm³/mol. The van der Waals surface area contributed by atoms with Gasteiger partial charge in [0.2, 0.25) is 0 Å². The highest BCUT2D eigenvalue weighted by molar-refractivity contribution is 5.73. The van der Waals surface area contributed by atoms with Gasteiger partial charge >= 0.3 is 36.4 Å². The van der Waals surface area contributed by atoms with Gasteiger partial charge in [-0.15, -0.1) is 0 Å². The molecule has 0 aromatic carbocycles. The van der Waals surface area contributed by atoms with Crippen LogP contribution in [0.5, 0.6) is 5.75 Å². The molecule has 2 saturated heterocycles. The number of likely N-dealkylation sites (tertiary alicyclic amines) is 1. The van der Waals surface area contributed by atoms with E-state index in [-0.39, 0.29) is 11.5 Å². The number of hydrogen-bond acceptors (Lipinski definition) is 8. The third kappa shape index (κ3) is 15.3. The first kappa shape index (κ1) is 40.8. The number of nitrogens with zero attached hydrogens (tertiary/aromatic N) is 3. The first-order chi connectivity index (χ1) is 21.6. The van der Waals surface area contributed by atoms with Gasteiger partial charge in [-0.2, -0.15) is 39.5 Å². The highest BCUT2D eigenvalue weighted by atomic mass is 19.4. The summed E-state index contributed by atoms with van der Waals surface area (Å²) in [5, 5.41) is 21.4. The molecule has 11 nitrogen and oxygen atoms in total. The van der Waals surface area contributed by atoms with Crippen LogP contribution in [0.15, 0.2) is 42.7 Å². The molecule has 0 aliphatic carbocycles. The molecule has 3 N–H and O–H groups in total. The Balaban J connectivity index is 0.000000430. The molecule has 2 fully saturated rings. The van der Waals surface area contributed by atoms with Gasteiger partial charge in [-0.1, -0.05) is 6.07 Å². The molecule has 2 aliphatic rings. The highest BCUT2D eigenvalue weighted by Crippen LogP contribution is 2.41. The van der Waals surface area contributed by atoms with Crippen molar-refractivity contribution in [3.63, 3.8) is 0 Å². The summed E-state index contributed by atoms with van der Waals surface area (Å²) in [6.07, 6.45) is -8.10. The van der Waals surface area contributed by atoms with E-state index >= 15 is 0 Å². The number of carbonyl (C=O) groups is 3. The number of alkyl halides is 9. The Morgan fingerprint density at radius 3 is 1.96 bits per heavy atom. The van der Waals surface area contributed by atoms with Gasteiger partial charge in [0, 0.05) is 43.5 Å². The predicted octanol–water partition coefficient (Wildman–Crippen LogP) is 5.14. The summed E-state index contributed by atoms with van der Waals surface area (Å²) in [5.41, 5.74) is 2.27. The Morgan fingerprint density at radius 1 is 0.936 bits per heavy atom. The lowest BCUT2D eigenvalue weighted by molar-refractivity contribution is -0.193. The van der Waals surface area contributed by atoms with E-state index in [2.05, 4.69) is 27.0 Å². The minimum Gasteiger partial charge on any atom is -0.491 e. The maximum absolute atomic E-state index is 10.6. The molecule has 264 valence electrons. The van der Waals surface area contributed by atoms with Crippen LogP contribution in [0.4, 0.5) is 39.5 Å². The standard InChI is InChI=1S/C21H27N3O2.3C2HF3O2/c1-17-5-2-6-18(23-17)14-24-11-8-20-21(15-24,9-4-12-25-20)16-26-19-7-3-10-22-13-19;3*3-2(4,5)1(6)7/h2-3,5-7,10,13,20H,4,8-9,11-12,14-16H2,1H3;3*(H,6,7). The lowest BCUT2D eigenvalue weighted by Crippen LogP contribution is -2.57. The molecule has 4 rings (SSSR count). The monoisotopic (exact) mass is 695 g/mol. The fourth-order valence-corrected chi connectivity index (χ4v) is 4.30. The number of ether oxygens (including phenoxy) is 2. The van der Waals surface area contributed by atoms with Gasteiger partial charge in [0.15, 0.2) is 0 Å². The van der Waals surface area contributed by atoms with Crippen LogP contribution in [-0.4, -0.2) is 99.0 Å². The number of carboxylic acid groups (broad SMARTS) is 3. The van der Waals surface area contributed by atoms with Crippen LogP contribution in [0.2, 0.25) is 0 Å². The molecule has 2 aromatic rings. The van der Waals surface area contributed by atoms with Crippen LogP contribution in [0.25, 0.3) is 0 Å². The summed E-state index contributed by atoms with van der Waals surface area (Å²) in [6.45, 7) is 6.54. The SMILES string of the molecule is Cc1cccc(CN2CCC3OCCCC3(COc3cccnc3)C2)n1.O=C(O)C(F)(F)F.O=C(O)C(F)(F)F.O=C(O)C(F)(F)F. The molecule has 2 aliphatic heterocycles. The van der Waals surface area contributed by atoms with Crippen molar-refractivity contribution in [1.82, 2.24) is 14.9 Å². The molecule has 2 atom stereocenters. The van der Waals surface area contributed by atoms with Crippen molar-refractivity contribution in [3.8, 4) is 5.75 Å². The van der Waals surface area contributed by atoms with Crippen molar-refractivity contribution < 1.29 is 78.7 Å². The third-order valence-corrected chi connectivity index (χ3v) is 6.29. The number of pyridine rings is 2. The fourth-order valence-electron chi connectivity index (χ4n) is 4.30. The van der Waals surface area contributed by atoms with Gasteiger partial charge < -0.3 is 24.8 Å². The van der Waals surface area contributed by atoms with E-state index in [0.717, 1.165) is 62.6 Å². The van der Waals surface area contributed by atoms with Crippen molar-refractivity contribution in [2.24, 2.45) is 5.41 Å². The molecular weight excluding hydrogens is 665 g/mol. The van der Waals surface area contributed by atoms with E-state index in [0.29, 0.717) is 6.61 Å². The Morgan fingerprint density at radius 2 is 1.49 bits per heavy atom. The quantitative estimate of drug-likeness (QED) is 0.356. The van der Waals surface area contributed by atoms with Crippen molar-refractivity contribution in [2.45, 2.75) is 57.4 Å². The van der Waals surface area contributed by atoms with E-state index in [1.165, 1.54) is 0 Å². The van der Waals surface area contributed by atoms with Crippen LogP contribution >= 0.6 is 0 Å². The molecule has 0 radical (unpaired) electrons. The second-order valence-electron chi connectivity index (χ2n) is 9.98. The Bertz CT molecular complexity index is 1240. The second kappa shape index (κ2) is 17.6. The van der Waals surface area contributed by atoms with E-state index in [1.807, 2.05) is 25.1 Å². The average molecular weight is 696 g/mol. The topological polar surface area (TPSA) is 159 Å². The normalized spacial score (nSPS) is 19.6. The molecule has 4 heterocycles. The van der Waals surface area contributed by atoms with Gasteiger partial charge in [0.25, 0.3) is 0 Å². The number of rotatable bonds is 5. The number of piperidine rings is 1. The molecule has 47 heavy (non-hydrogen) atoms. The molecule has 2 aromatic heterocycles. The van der Waals surface area contributed by atoms with Crippen molar-refractivity contribution in [2.75, 3.05) is 26.3 Å². The number of carboxylic acids is 3. The summed E-state index contributed by atoms with van der Waals surface area (Å²) in [4.78, 5) is 38.0. The maximum Gasteiger partial charge on any atom is 0.490 e. The van der Waals surface area contributed by atoms with Gasteiger partial charge in [-0.05, 0) is 50.5 Å². The van der Waals surface area contributed by atoms with Crippen LogP contribution in [-0.2, 0) is 25.7 Å². The summed E-state index contributed by atoms with van der Waals surface area (Å²) in [5.74, 6) is -7.43. The Kier molecular flexibility index (Phi) is 15.3. The summed E-state index contributed by atoms with van der Waals surface area (Å²) in [6, 6.07) is 10.1. The van der Waals surface area contributed by atoms with Crippen molar-refractivity contribution >= 4 is 17.9 Å². The lowest BCUT2D eigenvalue weighted by atomic mass is 9.73. The van der Waals surface area contributed by atoms with Gasteiger partial charge in [0.05, 0.1) is 24.6 Å². The average Bonchev–Trinajstić information content (AvgIpc) is 2.96. The van der Waals surface area contributed by atoms with E-state index in [4.69, 9.17) is 39.2 Å². The van der Waals surface area contributed by atoms with Crippen LogP contribution < -0.4 is 4.74 Å². The zero-order valence-corrected chi connectivity index (χ0v) is 24.4. The zero-order chi connectivity index (χ0) is 36.1. The molecule has 0 spiro atoms. The molecule has 0 amide bonds. The first-order valence-electron chi connectivity index (χ1n) is 13.3. The smallest absolute Gasteiger partial charge is 0.490 e. The molecule has 0 saturated carbocycles. The lowest BCUT2D eigenvalue weighted by Gasteiger charge is -2.50. The molecule has 2 unspecified atom stereocenters. The zero-order valence-electron chi connectivity index (χ0n) is 24.4. The van der Waals surface area contributed by atoms with Crippen molar-refractivity contribution in [3.05, 3.63) is 54.1 Å². The maximum atomic E-state index is 10.6. The number of aromatic nitrogens is 2. The molecule has 20 heteroatoms. The Hall–Kier alpha value is -4.20. The van der Waals surface area contributed by atoms with Crippen LogP contribution in [0.1, 0.15) is 30.7 Å². The highest BCUT2D eigenvalue weighted by Gasteiger charge is 2.47. The second-order valence-corrected chi connectivity index (χ2v) is 9.98. The largest absolute Gasteiger partial charge is 0.491 e. The summed E-state index contributed by atoms with van der Waals surface area (Å²) in [7, 11) is 0. The molecule has 0 bridgehead atoms. The Labute approximate surface area is 260 Å². The van der Waals surface area contributed by atoms with E-state index < -0.39 is 36.4 Å². The van der Waals surface area contributed by atoms with Crippen LogP contribution in [0, 0.1) is 12.3 Å². The van der Waals surface area contributed by atoms with E-state index in [1.54, 1.807) is 12.4 Å². The number of halogens is 9. The number of aryl methyl sites for hydroxylation is 1. The fraction of sp³-hybridized carbons (Fsp3) is 0.519. The summed E-state index contributed by atoms with van der Waals surface area (Å²) < 4.78 is 108. The van der Waals surface area contributed by atoms with Crippen LogP contribution in [0.3, 0.4) is 0 Å². The minimum atomic E-state index is -5.08. The van der Waals surface area contributed by atoms with E-state index in [9.17, 15) is 39.5 Å². The first-order valence-corrected chi connectivity index (χ1v) is 13.3. The minimum absolute atomic E-state index is 0.0518. The third-order valence-electron chi connectivity index (χ3n) is 6.29. The number of hydrogen-bond donors (Lipinski definition) is 3. The summed E-state index contributed by atoms with van der Waals surface area (Å²) >= 11 is 0. The number of aliphatic carboxylic acids is 3. The van der Waals surface area contributed by atoms with Crippen molar-refractivity contribution in [1.29, 1.82) is 0 Å². The van der Waals surface area contributed by atoms with Gasteiger partial charge in [-0.3, -0.25) is 14.9 Å².